The van der Waals surface area contributed by atoms with Gasteiger partial charge in [0.2, 0.25) is 0 Å². The van der Waals surface area contributed by atoms with Crippen molar-refractivity contribution >= 4 is 27.6 Å². The molecule has 1 atom stereocenters. The van der Waals surface area contributed by atoms with Crippen molar-refractivity contribution < 1.29 is 19.2 Å². The Balaban J connectivity index is 2.39. The van der Waals surface area contributed by atoms with Crippen LogP contribution in [0, 0.1) is 10.1 Å². The lowest BCUT2D eigenvalue weighted by atomic mass is 10.2. The highest BCUT2D eigenvalue weighted by atomic mass is 79.9. The second kappa shape index (κ2) is 7.51. The van der Waals surface area contributed by atoms with Crippen LogP contribution in [0.15, 0.2) is 24.3 Å². The van der Waals surface area contributed by atoms with Gasteiger partial charge in [-0.15, -0.1) is 0 Å². The number of alkyl halides is 1. The minimum Gasteiger partial charge on any atom is -0.459 e. The molecule has 0 saturated heterocycles. The van der Waals surface area contributed by atoms with E-state index in [9.17, 15) is 14.9 Å². The number of non-ortho nitro benzene ring substituents is 1. The van der Waals surface area contributed by atoms with Crippen molar-refractivity contribution in [3.63, 3.8) is 0 Å². The van der Waals surface area contributed by atoms with Crippen LogP contribution in [0.2, 0.25) is 0 Å². The number of hydrogen-bond donors (Lipinski definition) is 0. The molecule has 0 amide bonds. The molecule has 1 aromatic rings. The molecule has 1 aromatic carbocycles. The molecule has 0 N–H and O–H groups in total. The second-order valence-electron chi connectivity index (χ2n) is 5.44. The minimum atomic E-state index is -0.547. The summed E-state index contributed by atoms with van der Waals surface area (Å²) in [6.45, 7) is 5.81. The number of nitrogens with zero attached hydrogens (tertiary/aromatic N) is 1. The maximum atomic E-state index is 11.7. The van der Waals surface area contributed by atoms with Gasteiger partial charge in [-0.1, -0.05) is 15.9 Å². The molecule has 7 heteroatoms. The molecule has 0 aliphatic carbocycles. The molecule has 0 spiro atoms. The molecular weight excluding hydrogens is 342 g/mol. The number of benzene rings is 1. The van der Waals surface area contributed by atoms with Crippen LogP contribution < -0.4 is 0 Å². The molecule has 1 rings (SSSR count). The van der Waals surface area contributed by atoms with Crippen molar-refractivity contribution in [2.45, 2.75) is 37.8 Å². The Morgan fingerprint density at radius 1 is 1.33 bits per heavy atom. The standard InChI is InChI=1S/C14H18BrNO5/c1-14(2,3)21-13(17)12(15)9-20-8-10-4-6-11(7-5-10)16(18)19/h4-7,12H,8-9H2,1-3H3/t12-/m0/s1. The summed E-state index contributed by atoms with van der Waals surface area (Å²) in [6.07, 6.45) is 0. The average Bonchev–Trinajstić information content (AvgIpc) is 2.37. The molecule has 0 heterocycles. The van der Waals surface area contributed by atoms with Gasteiger partial charge in [0.05, 0.1) is 18.1 Å². The average molecular weight is 360 g/mol. The quantitative estimate of drug-likeness (QED) is 0.337. The third-order valence-corrected chi connectivity index (χ3v) is 2.98. The summed E-state index contributed by atoms with van der Waals surface area (Å²) in [7, 11) is 0. The van der Waals surface area contributed by atoms with Gasteiger partial charge in [0, 0.05) is 12.1 Å². The number of hydrogen-bond acceptors (Lipinski definition) is 5. The number of esters is 1. The fourth-order valence-corrected chi connectivity index (χ4v) is 1.71. The highest BCUT2D eigenvalue weighted by Crippen LogP contribution is 2.15. The molecule has 6 nitrogen and oxygen atoms in total. The van der Waals surface area contributed by atoms with Crippen LogP contribution in [0.3, 0.4) is 0 Å². The minimum absolute atomic E-state index is 0.0332. The number of carbonyl (C=O) groups is 1. The highest BCUT2D eigenvalue weighted by Gasteiger charge is 2.23. The first-order valence-electron chi connectivity index (χ1n) is 6.37. The van der Waals surface area contributed by atoms with E-state index < -0.39 is 15.4 Å². The molecule has 0 saturated carbocycles. The first-order valence-corrected chi connectivity index (χ1v) is 7.28. The molecular formula is C14H18BrNO5. The van der Waals surface area contributed by atoms with E-state index in [4.69, 9.17) is 9.47 Å². The Labute approximate surface area is 131 Å². The Bertz CT molecular complexity index is 495. The maximum absolute atomic E-state index is 11.7. The summed E-state index contributed by atoms with van der Waals surface area (Å²) in [5.41, 5.74) is 0.289. The van der Waals surface area contributed by atoms with Crippen LogP contribution in [0.4, 0.5) is 5.69 Å². The van der Waals surface area contributed by atoms with Crippen LogP contribution in [0.5, 0.6) is 0 Å². The fourth-order valence-electron chi connectivity index (χ4n) is 1.43. The summed E-state index contributed by atoms with van der Waals surface area (Å²) < 4.78 is 10.6. The maximum Gasteiger partial charge on any atom is 0.322 e. The smallest absolute Gasteiger partial charge is 0.322 e. The lowest BCUT2D eigenvalue weighted by Crippen LogP contribution is -2.31. The van der Waals surface area contributed by atoms with Crippen molar-refractivity contribution in [3.05, 3.63) is 39.9 Å². The van der Waals surface area contributed by atoms with E-state index in [1.807, 2.05) is 0 Å². The van der Waals surface area contributed by atoms with Crippen LogP contribution in [-0.2, 0) is 20.9 Å². The van der Waals surface area contributed by atoms with Gasteiger partial charge in [0.1, 0.15) is 10.4 Å². The molecule has 0 aromatic heterocycles. The molecule has 0 bridgehead atoms. The largest absolute Gasteiger partial charge is 0.459 e. The number of rotatable bonds is 6. The lowest BCUT2D eigenvalue weighted by molar-refractivity contribution is -0.384. The van der Waals surface area contributed by atoms with E-state index in [-0.39, 0.29) is 24.9 Å². The summed E-state index contributed by atoms with van der Waals surface area (Å²) >= 11 is 3.21. The predicted molar refractivity (Wildman–Crippen MR) is 81.3 cm³/mol. The third kappa shape index (κ3) is 6.68. The van der Waals surface area contributed by atoms with E-state index in [2.05, 4.69) is 15.9 Å². The Morgan fingerprint density at radius 2 is 1.90 bits per heavy atom. The molecule has 0 unspecified atom stereocenters. The molecule has 0 aliphatic heterocycles. The number of ether oxygens (including phenoxy) is 2. The first kappa shape index (κ1) is 17.6. The topological polar surface area (TPSA) is 78.7 Å². The number of carbonyl (C=O) groups excluding carboxylic acids is 1. The molecule has 116 valence electrons. The molecule has 21 heavy (non-hydrogen) atoms. The zero-order valence-corrected chi connectivity index (χ0v) is 13.8. The first-order chi connectivity index (χ1) is 9.69. The van der Waals surface area contributed by atoms with Gasteiger partial charge in [0.15, 0.2) is 0 Å². The molecule has 0 fully saturated rings. The van der Waals surface area contributed by atoms with Gasteiger partial charge in [-0.3, -0.25) is 14.9 Å². The van der Waals surface area contributed by atoms with Crippen LogP contribution in [0.25, 0.3) is 0 Å². The van der Waals surface area contributed by atoms with Crippen molar-refractivity contribution in [3.8, 4) is 0 Å². The normalized spacial score (nSPS) is 12.8. The van der Waals surface area contributed by atoms with Gasteiger partial charge >= 0.3 is 5.97 Å². The second-order valence-corrected chi connectivity index (χ2v) is 6.55. The van der Waals surface area contributed by atoms with Crippen molar-refractivity contribution in [2.24, 2.45) is 0 Å². The third-order valence-electron chi connectivity index (χ3n) is 2.34. The zero-order chi connectivity index (χ0) is 16.0. The van der Waals surface area contributed by atoms with Gasteiger partial charge in [-0.2, -0.15) is 0 Å². The SMILES string of the molecule is CC(C)(C)OC(=O)[C@@H](Br)COCc1ccc([N+](=O)[O-])cc1. The van der Waals surface area contributed by atoms with Crippen LogP contribution in [-0.4, -0.2) is 27.9 Å². The zero-order valence-electron chi connectivity index (χ0n) is 12.2. The molecule has 0 aliphatic rings. The van der Waals surface area contributed by atoms with Crippen molar-refractivity contribution in [1.29, 1.82) is 0 Å². The van der Waals surface area contributed by atoms with Gasteiger partial charge in [-0.25, -0.2) is 0 Å². The van der Waals surface area contributed by atoms with E-state index >= 15 is 0 Å². The van der Waals surface area contributed by atoms with Crippen molar-refractivity contribution in [2.75, 3.05) is 6.61 Å². The summed E-state index contributed by atoms with van der Waals surface area (Å²) in [4.78, 5) is 21.2. The summed E-state index contributed by atoms with van der Waals surface area (Å²) in [6, 6.07) is 6.07. The monoisotopic (exact) mass is 359 g/mol. The van der Waals surface area contributed by atoms with Crippen LogP contribution in [0.1, 0.15) is 26.3 Å². The number of nitro benzene ring substituents is 1. The summed E-state index contributed by atoms with van der Waals surface area (Å²) in [5, 5.41) is 10.5. The molecule has 0 radical (unpaired) electrons. The Kier molecular flexibility index (Phi) is 6.29. The Morgan fingerprint density at radius 3 is 2.38 bits per heavy atom. The lowest BCUT2D eigenvalue weighted by Gasteiger charge is -2.21. The number of halogens is 1. The summed E-state index contributed by atoms with van der Waals surface area (Å²) in [5.74, 6) is -0.383. The van der Waals surface area contributed by atoms with Gasteiger partial charge in [-0.05, 0) is 38.5 Å². The van der Waals surface area contributed by atoms with Gasteiger partial charge in [0.25, 0.3) is 5.69 Å². The van der Waals surface area contributed by atoms with E-state index in [1.165, 1.54) is 12.1 Å². The number of nitro groups is 1. The van der Waals surface area contributed by atoms with E-state index in [0.717, 1.165) is 5.56 Å². The fraction of sp³-hybridized carbons (Fsp3) is 0.500. The Hall–Kier alpha value is -1.47. The van der Waals surface area contributed by atoms with E-state index in [0.29, 0.717) is 0 Å². The van der Waals surface area contributed by atoms with Crippen molar-refractivity contribution in [1.82, 2.24) is 0 Å². The predicted octanol–water partition coefficient (Wildman–Crippen LogP) is 3.22. The van der Waals surface area contributed by atoms with E-state index in [1.54, 1.807) is 32.9 Å². The van der Waals surface area contributed by atoms with Crippen LogP contribution >= 0.6 is 15.9 Å². The van der Waals surface area contributed by atoms with Gasteiger partial charge < -0.3 is 9.47 Å². The highest BCUT2D eigenvalue weighted by molar-refractivity contribution is 9.10.